The normalized spacial score (nSPS) is 32.2. The number of carbonyl (C=O) groups is 1. The van der Waals surface area contributed by atoms with Crippen molar-refractivity contribution in [1.29, 1.82) is 0 Å². The van der Waals surface area contributed by atoms with Gasteiger partial charge in [0.15, 0.2) is 0 Å². The summed E-state index contributed by atoms with van der Waals surface area (Å²) in [6.07, 6.45) is 0.168. The van der Waals surface area contributed by atoms with Crippen molar-refractivity contribution in [2.24, 2.45) is 0 Å². The maximum absolute atomic E-state index is 10.9. The van der Waals surface area contributed by atoms with Crippen LogP contribution in [0.5, 0.6) is 0 Å². The van der Waals surface area contributed by atoms with Crippen molar-refractivity contribution in [1.82, 2.24) is 10.6 Å². The fourth-order valence-corrected chi connectivity index (χ4v) is 1.09. The van der Waals surface area contributed by atoms with Gasteiger partial charge in [-0.2, -0.15) is 0 Å². The quantitative estimate of drug-likeness (QED) is 0.418. The molecule has 0 spiro atoms. The van der Waals surface area contributed by atoms with Gasteiger partial charge in [0.1, 0.15) is 0 Å². The van der Waals surface area contributed by atoms with Gasteiger partial charge in [-0.3, -0.25) is 4.79 Å². The topological polar surface area (TPSA) is 61.4 Å². The van der Waals surface area contributed by atoms with Crippen molar-refractivity contribution in [2.75, 3.05) is 13.6 Å². The molecule has 1 saturated heterocycles. The molecule has 10 heavy (non-hydrogen) atoms. The smallest absolute Gasteiger partial charge is 0.236 e. The molecule has 4 nitrogen and oxygen atoms in total. The monoisotopic (exact) mass is 144 g/mol. The number of hydrogen-bond acceptors (Lipinski definition) is 3. The van der Waals surface area contributed by atoms with E-state index in [1.54, 1.807) is 7.05 Å². The summed E-state index contributed by atoms with van der Waals surface area (Å²) in [5.74, 6) is -0.0449. The van der Waals surface area contributed by atoms with E-state index in [1.165, 1.54) is 0 Å². The molecule has 0 radical (unpaired) electrons. The van der Waals surface area contributed by atoms with Gasteiger partial charge < -0.3 is 15.7 Å². The van der Waals surface area contributed by atoms with Crippen molar-refractivity contribution >= 4 is 5.91 Å². The van der Waals surface area contributed by atoms with E-state index in [9.17, 15) is 4.79 Å². The lowest BCUT2D eigenvalue weighted by atomic mass is 10.2. The van der Waals surface area contributed by atoms with E-state index in [2.05, 4.69) is 10.6 Å². The molecular formula is C6H12N2O2. The average Bonchev–Trinajstić information content (AvgIpc) is 2.34. The highest BCUT2D eigenvalue weighted by Crippen LogP contribution is 2.05. The fraction of sp³-hybridized carbons (Fsp3) is 0.833. The number of likely N-dealkylation sites (N-methyl/N-ethyl adjacent to an activating group) is 1. The molecule has 1 amide bonds. The van der Waals surface area contributed by atoms with Crippen LogP contribution in [0.15, 0.2) is 0 Å². The predicted octanol–water partition coefficient (Wildman–Crippen LogP) is -1.54. The van der Waals surface area contributed by atoms with E-state index < -0.39 is 0 Å². The molecule has 0 aliphatic carbocycles. The molecule has 1 unspecified atom stereocenters. The van der Waals surface area contributed by atoms with E-state index in [-0.39, 0.29) is 18.1 Å². The molecule has 1 rings (SSSR count). The van der Waals surface area contributed by atoms with Crippen LogP contribution >= 0.6 is 0 Å². The van der Waals surface area contributed by atoms with E-state index in [0.29, 0.717) is 13.0 Å². The van der Waals surface area contributed by atoms with E-state index in [1.807, 2.05) is 0 Å². The fourth-order valence-electron chi connectivity index (χ4n) is 1.09. The lowest BCUT2D eigenvalue weighted by molar-refractivity contribution is -0.122. The third-order valence-corrected chi connectivity index (χ3v) is 1.67. The summed E-state index contributed by atoms with van der Waals surface area (Å²) in [5, 5.41) is 14.4. The van der Waals surface area contributed by atoms with E-state index in [4.69, 9.17) is 5.11 Å². The minimum atomic E-state index is -0.359. The number of β-amino-alcohol motifs (C(OH)–C–C–N with tert-alkyl or cyclic N) is 1. The van der Waals surface area contributed by atoms with Crippen LogP contribution in [0.4, 0.5) is 0 Å². The molecule has 2 atom stereocenters. The Labute approximate surface area is 59.6 Å². The van der Waals surface area contributed by atoms with Crippen LogP contribution in [0.2, 0.25) is 0 Å². The molecule has 58 valence electrons. The van der Waals surface area contributed by atoms with E-state index in [0.717, 1.165) is 0 Å². The Balaban J connectivity index is 2.37. The lowest BCUT2D eigenvalue weighted by Gasteiger charge is -2.06. The molecule has 0 saturated carbocycles. The predicted molar refractivity (Wildman–Crippen MR) is 36.5 cm³/mol. The van der Waals surface area contributed by atoms with Crippen LogP contribution in [-0.2, 0) is 4.79 Å². The number of carbonyl (C=O) groups excluding carboxylic acids is 1. The standard InChI is InChI=1S/C6H12N2O2/c1-7-6(10)5-2-4(9)3-8-5/h4-5,8-9H,2-3H2,1H3,(H,7,10)/t4?,5-/m1/s1. The first-order valence-electron chi connectivity index (χ1n) is 3.37. The Morgan fingerprint density at radius 3 is 2.90 bits per heavy atom. The molecule has 1 aliphatic rings. The maximum atomic E-state index is 10.9. The van der Waals surface area contributed by atoms with Crippen molar-refractivity contribution in [3.8, 4) is 0 Å². The minimum Gasteiger partial charge on any atom is -0.392 e. The summed E-state index contributed by atoms with van der Waals surface area (Å²) in [5.41, 5.74) is 0. The molecule has 0 aromatic carbocycles. The summed E-state index contributed by atoms with van der Waals surface area (Å²) in [4.78, 5) is 10.9. The number of rotatable bonds is 1. The first-order chi connectivity index (χ1) is 4.74. The Morgan fingerprint density at radius 1 is 1.80 bits per heavy atom. The maximum Gasteiger partial charge on any atom is 0.236 e. The summed E-state index contributed by atoms with van der Waals surface area (Å²) in [7, 11) is 1.59. The highest BCUT2D eigenvalue weighted by atomic mass is 16.3. The SMILES string of the molecule is CNC(=O)[C@H]1CC(O)CN1. The van der Waals surface area contributed by atoms with Crippen molar-refractivity contribution in [3.63, 3.8) is 0 Å². The molecule has 1 heterocycles. The summed E-state index contributed by atoms with van der Waals surface area (Å²) in [6, 6.07) is -0.194. The third kappa shape index (κ3) is 1.46. The second kappa shape index (κ2) is 2.98. The molecular weight excluding hydrogens is 132 g/mol. The molecule has 3 N–H and O–H groups in total. The molecule has 0 aromatic rings. The number of amides is 1. The number of hydrogen-bond donors (Lipinski definition) is 3. The number of aliphatic hydroxyl groups excluding tert-OH is 1. The molecule has 4 heteroatoms. The highest BCUT2D eigenvalue weighted by Gasteiger charge is 2.26. The molecule has 0 bridgehead atoms. The van der Waals surface area contributed by atoms with Gasteiger partial charge in [0.05, 0.1) is 12.1 Å². The largest absolute Gasteiger partial charge is 0.392 e. The zero-order valence-electron chi connectivity index (χ0n) is 5.92. The van der Waals surface area contributed by atoms with Crippen LogP contribution in [0, 0.1) is 0 Å². The third-order valence-electron chi connectivity index (χ3n) is 1.67. The highest BCUT2D eigenvalue weighted by molar-refractivity contribution is 5.81. The van der Waals surface area contributed by atoms with Crippen molar-refractivity contribution < 1.29 is 9.90 Å². The summed E-state index contributed by atoms with van der Waals surface area (Å²) in [6.45, 7) is 0.526. The van der Waals surface area contributed by atoms with Gasteiger partial charge in [0.25, 0.3) is 0 Å². The van der Waals surface area contributed by atoms with Gasteiger partial charge in [0.2, 0.25) is 5.91 Å². The van der Waals surface area contributed by atoms with Crippen molar-refractivity contribution in [2.45, 2.75) is 18.6 Å². The van der Waals surface area contributed by atoms with Gasteiger partial charge in [-0.15, -0.1) is 0 Å². The van der Waals surface area contributed by atoms with Gasteiger partial charge in [-0.25, -0.2) is 0 Å². The van der Waals surface area contributed by atoms with E-state index >= 15 is 0 Å². The summed E-state index contributed by atoms with van der Waals surface area (Å²) >= 11 is 0. The number of aliphatic hydroxyl groups is 1. The van der Waals surface area contributed by atoms with Gasteiger partial charge in [0, 0.05) is 13.6 Å². The van der Waals surface area contributed by atoms with Gasteiger partial charge in [-0.1, -0.05) is 0 Å². The lowest BCUT2D eigenvalue weighted by Crippen LogP contribution is -2.38. The average molecular weight is 144 g/mol. The first-order valence-corrected chi connectivity index (χ1v) is 3.37. The zero-order chi connectivity index (χ0) is 7.56. The second-order valence-electron chi connectivity index (χ2n) is 2.46. The van der Waals surface area contributed by atoms with Crippen LogP contribution in [-0.4, -0.2) is 36.8 Å². The minimum absolute atomic E-state index is 0.0449. The van der Waals surface area contributed by atoms with Crippen LogP contribution in [0.25, 0.3) is 0 Å². The van der Waals surface area contributed by atoms with Crippen LogP contribution in [0.1, 0.15) is 6.42 Å². The van der Waals surface area contributed by atoms with Crippen LogP contribution in [0.3, 0.4) is 0 Å². The summed E-state index contributed by atoms with van der Waals surface area (Å²) < 4.78 is 0. The number of nitrogens with one attached hydrogen (secondary N) is 2. The molecule has 1 fully saturated rings. The Hall–Kier alpha value is -0.610. The first kappa shape index (κ1) is 7.50. The Morgan fingerprint density at radius 2 is 2.50 bits per heavy atom. The zero-order valence-corrected chi connectivity index (χ0v) is 5.92. The Bertz CT molecular complexity index is 138. The Kier molecular flexibility index (Phi) is 2.24. The molecule has 1 aliphatic heterocycles. The van der Waals surface area contributed by atoms with Gasteiger partial charge >= 0.3 is 0 Å². The van der Waals surface area contributed by atoms with Crippen LogP contribution < -0.4 is 10.6 Å². The van der Waals surface area contributed by atoms with Crippen molar-refractivity contribution in [3.05, 3.63) is 0 Å². The van der Waals surface area contributed by atoms with Gasteiger partial charge in [-0.05, 0) is 6.42 Å². The second-order valence-corrected chi connectivity index (χ2v) is 2.46. The molecule has 0 aromatic heterocycles.